The van der Waals surface area contributed by atoms with Crippen molar-refractivity contribution >= 4 is 17.7 Å². The van der Waals surface area contributed by atoms with Crippen LogP contribution in [-0.2, 0) is 4.79 Å². The van der Waals surface area contributed by atoms with Crippen LogP contribution in [-0.4, -0.2) is 39.6 Å². The van der Waals surface area contributed by atoms with Crippen molar-refractivity contribution in [1.29, 1.82) is 0 Å². The molecule has 2 heterocycles. The van der Waals surface area contributed by atoms with Crippen molar-refractivity contribution < 1.29 is 4.79 Å². The normalized spacial score (nSPS) is 14.4. The Morgan fingerprint density at radius 2 is 1.90 bits per heavy atom. The van der Waals surface area contributed by atoms with E-state index in [1.807, 2.05) is 41.3 Å². The molecule has 0 saturated carbocycles. The Balaban J connectivity index is 1.65. The number of hydrogen-bond acceptors (Lipinski definition) is 4. The van der Waals surface area contributed by atoms with E-state index in [9.17, 15) is 4.79 Å². The van der Waals surface area contributed by atoms with Gasteiger partial charge in [-0.1, -0.05) is 42.1 Å². The first-order chi connectivity index (χ1) is 10.3. The molecule has 0 radical (unpaired) electrons. The highest BCUT2D eigenvalue weighted by molar-refractivity contribution is 7.99. The molecule has 2 aromatic rings. The highest BCUT2D eigenvalue weighted by Gasteiger charge is 2.17. The average Bonchev–Trinajstić information content (AvgIpc) is 3.08. The monoisotopic (exact) mass is 299 g/mol. The molecule has 1 amide bonds. The molecule has 21 heavy (non-hydrogen) atoms. The number of hydrogen-bond donors (Lipinski definition) is 0. The average molecular weight is 299 g/mol. The molecule has 3 rings (SSSR count). The fraction of sp³-hybridized carbons (Fsp3) is 0.312. The van der Waals surface area contributed by atoms with Crippen molar-refractivity contribution in [2.45, 2.75) is 17.9 Å². The first kappa shape index (κ1) is 14.1. The van der Waals surface area contributed by atoms with Gasteiger partial charge in [-0.3, -0.25) is 4.79 Å². The summed E-state index contributed by atoms with van der Waals surface area (Å²) in [6, 6.07) is 11.9. The molecule has 1 aliphatic rings. The van der Waals surface area contributed by atoms with Gasteiger partial charge in [0.1, 0.15) is 11.4 Å². The van der Waals surface area contributed by atoms with Crippen molar-refractivity contribution in [1.82, 2.24) is 14.9 Å². The molecule has 1 aromatic heterocycles. The lowest BCUT2D eigenvalue weighted by molar-refractivity contribution is -0.127. The quantitative estimate of drug-likeness (QED) is 0.643. The second-order valence-corrected chi connectivity index (χ2v) is 5.98. The van der Waals surface area contributed by atoms with Gasteiger partial charge in [-0.25, -0.2) is 9.97 Å². The van der Waals surface area contributed by atoms with Gasteiger partial charge in [0.15, 0.2) is 0 Å². The number of carbonyl (C=O) groups excluding carboxylic acids is 1. The number of carbonyl (C=O) groups is 1. The van der Waals surface area contributed by atoms with Crippen LogP contribution >= 0.6 is 11.8 Å². The minimum absolute atomic E-state index is 0.206. The third-order valence-electron chi connectivity index (χ3n) is 3.51. The number of benzene rings is 1. The molecule has 0 spiro atoms. The van der Waals surface area contributed by atoms with Gasteiger partial charge < -0.3 is 4.90 Å². The molecular weight excluding hydrogens is 282 g/mol. The third kappa shape index (κ3) is 3.61. The largest absolute Gasteiger partial charge is 0.342 e. The lowest BCUT2D eigenvalue weighted by atomic mass is 10.1. The Bertz CT molecular complexity index is 612. The van der Waals surface area contributed by atoms with Crippen LogP contribution in [0.2, 0.25) is 0 Å². The molecule has 0 aliphatic carbocycles. The summed E-state index contributed by atoms with van der Waals surface area (Å²) in [7, 11) is 0. The lowest BCUT2D eigenvalue weighted by Crippen LogP contribution is -2.29. The van der Waals surface area contributed by atoms with Crippen LogP contribution in [0.3, 0.4) is 0 Å². The van der Waals surface area contributed by atoms with Gasteiger partial charge in [0.05, 0.1) is 11.4 Å². The predicted octanol–water partition coefficient (Wildman–Crippen LogP) is 2.86. The molecular formula is C16H17N3OS. The van der Waals surface area contributed by atoms with Crippen LogP contribution in [0.15, 0.2) is 47.8 Å². The first-order valence-electron chi connectivity index (χ1n) is 7.11. The number of aromatic nitrogens is 2. The zero-order valence-corrected chi connectivity index (χ0v) is 12.6. The van der Waals surface area contributed by atoms with Gasteiger partial charge in [-0.2, -0.15) is 0 Å². The summed E-state index contributed by atoms with van der Waals surface area (Å²) in [4.78, 5) is 22.5. The Kier molecular flexibility index (Phi) is 4.50. The van der Waals surface area contributed by atoms with Crippen LogP contribution in [0.1, 0.15) is 12.8 Å². The molecule has 0 unspecified atom stereocenters. The second kappa shape index (κ2) is 6.72. The molecule has 5 heteroatoms. The molecule has 1 saturated heterocycles. The van der Waals surface area contributed by atoms with E-state index in [1.54, 1.807) is 6.33 Å². The minimum atomic E-state index is 0.206. The molecule has 1 aromatic carbocycles. The molecule has 4 nitrogen and oxygen atoms in total. The van der Waals surface area contributed by atoms with Crippen molar-refractivity contribution in [3.05, 3.63) is 42.7 Å². The SMILES string of the molecule is O=C(CSc1cc(-c2ccccc2)ncn1)N1CCCC1. The van der Waals surface area contributed by atoms with E-state index < -0.39 is 0 Å². The minimum Gasteiger partial charge on any atom is -0.342 e. The lowest BCUT2D eigenvalue weighted by Gasteiger charge is -2.14. The Morgan fingerprint density at radius 1 is 1.14 bits per heavy atom. The summed E-state index contributed by atoms with van der Waals surface area (Å²) in [5.41, 5.74) is 1.95. The zero-order valence-electron chi connectivity index (χ0n) is 11.7. The van der Waals surface area contributed by atoms with Crippen LogP contribution < -0.4 is 0 Å². The Labute approximate surface area is 128 Å². The van der Waals surface area contributed by atoms with Crippen LogP contribution in [0, 0.1) is 0 Å². The molecule has 0 N–H and O–H groups in total. The van der Waals surface area contributed by atoms with Crippen LogP contribution in [0.25, 0.3) is 11.3 Å². The summed E-state index contributed by atoms with van der Waals surface area (Å²) >= 11 is 1.48. The Morgan fingerprint density at radius 3 is 2.67 bits per heavy atom. The molecule has 108 valence electrons. The van der Waals surface area contributed by atoms with Crippen molar-refractivity contribution in [3.8, 4) is 11.3 Å². The van der Waals surface area contributed by atoms with Gasteiger partial charge in [0.25, 0.3) is 0 Å². The highest BCUT2D eigenvalue weighted by atomic mass is 32.2. The van der Waals surface area contributed by atoms with Crippen molar-refractivity contribution in [2.24, 2.45) is 0 Å². The first-order valence-corrected chi connectivity index (χ1v) is 8.09. The van der Waals surface area contributed by atoms with E-state index in [0.717, 1.165) is 42.2 Å². The number of likely N-dealkylation sites (tertiary alicyclic amines) is 1. The summed E-state index contributed by atoms with van der Waals surface area (Å²) in [6.07, 6.45) is 3.81. The van der Waals surface area contributed by atoms with Gasteiger partial charge >= 0.3 is 0 Å². The smallest absolute Gasteiger partial charge is 0.232 e. The number of thioether (sulfide) groups is 1. The standard InChI is InChI=1S/C16H17N3OS/c20-16(19-8-4-5-9-19)11-21-15-10-14(17-12-18-15)13-6-2-1-3-7-13/h1-3,6-7,10,12H,4-5,8-9,11H2. The van der Waals surface area contributed by atoms with Gasteiger partial charge in [-0.05, 0) is 18.9 Å². The summed E-state index contributed by atoms with van der Waals surface area (Å²) < 4.78 is 0. The topological polar surface area (TPSA) is 46.1 Å². The van der Waals surface area contributed by atoms with Crippen LogP contribution in [0.5, 0.6) is 0 Å². The fourth-order valence-electron chi connectivity index (χ4n) is 2.38. The van der Waals surface area contributed by atoms with Crippen molar-refractivity contribution in [3.63, 3.8) is 0 Å². The van der Waals surface area contributed by atoms with Crippen molar-refractivity contribution in [2.75, 3.05) is 18.8 Å². The summed E-state index contributed by atoms with van der Waals surface area (Å²) in [6.45, 7) is 1.80. The van der Waals surface area contributed by atoms with E-state index >= 15 is 0 Å². The summed E-state index contributed by atoms with van der Waals surface area (Å²) in [5, 5.41) is 0.844. The number of rotatable bonds is 4. The Hall–Kier alpha value is -1.88. The fourth-order valence-corrected chi connectivity index (χ4v) is 3.15. The molecule has 0 bridgehead atoms. The predicted molar refractivity (Wildman–Crippen MR) is 84.0 cm³/mol. The third-order valence-corrected chi connectivity index (χ3v) is 4.42. The number of amides is 1. The summed E-state index contributed by atoms with van der Waals surface area (Å²) in [5.74, 6) is 0.656. The van der Waals surface area contributed by atoms with Gasteiger partial charge in [-0.15, -0.1) is 0 Å². The highest BCUT2D eigenvalue weighted by Crippen LogP contribution is 2.22. The van der Waals surface area contributed by atoms with Gasteiger partial charge in [0.2, 0.25) is 5.91 Å². The number of nitrogens with zero attached hydrogens (tertiary/aromatic N) is 3. The second-order valence-electron chi connectivity index (χ2n) is 4.98. The van der Waals surface area contributed by atoms with Gasteiger partial charge in [0, 0.05) is 18.7 Å². The zero-order chi connectivity index (χ0) is 14.5. The maximum Gasteiger partial charge on any atom is 0.232 e. The molecule has 1 fully saturated rings. The maximum absolute atomic E-state index is 12.0. The van der Waals surface area contributed by atoms with E-state index in [-0.39, 0.29) is 5.91 Å². The van der Waals surface area contributed by atoms with E-state index in [4.69, 9.17) is 0 Å². The van der Waals surface area contributed by atoms with E-state index in [1.165, 1.54) is 11.8 Å². The van der Waals surface area contributed by atoms with E-state index in [2.05, 4.69) is 9.97 Å². The van der Waals surface area contributed by atoms with Crippen LogP contribution in [0.4, 0.5) is 0 Å². The molecule has 0 atom stereocenters. The molecule has 1 aliphatic heterocycles. The van der Waals surface area contributed by atoms with E-state index in [0.29, 0.717) is 5.75 Å². The maximum atomic E-state index is 12.0.